The molecule has 0 atom stereocenters. The maximum atomic E-state index is 13.5. The van der Waals surface area contributed by atoms with E-state index in [-0.39, 0.29) is 41.1 Å². The third-order valence-electron chi connectivity index (χ3n) is 4.23. The number of carbonyl (C=O) groups excluding carboxylic acids is 1. The smallest absolute Gasteiger partial charge is 0.221 e. The average Bonchev–Trinajstić information content (AvgIpc) is 2.61. The Bertz CT molecular complexity index is 824. The van der Waals surface area contributed by atoms with E-state index in [4.69, 9.17) is 0 Å². The number of nitrogens with one attached hydrogen (secondary N) is 3. The molecule has 0 aliphatic heterocycles. The fraction of sp³-hybridized carbons (Fsp3) is 0.333. The van der Waals surface area contributed by atoms with Crippen LogP contribution in [0.15, 0.2) is 53.5 Å². The van der Waals surface area contributed by atoms with E-state index in [0.717, 1.165) is 16.8 Å². The summed E-state index contributed by atoms with van der Waals surface area (Å²) in [5, 5.41) is 9.32. The Morgan fingerprint density at radius 1 is 1.11 bits per heavy atom. The van der Waals surface area contributed by atoms with Crippen LogP contribution in [0.25, 0.3) is 0 Å². The third kappa shape index (κ3) is 7.46. The first-order chi connectivity index (χ1) is 12.8. The van der Waals surface area contributed by atoms with Crippen LogP contribution in [0.4, 0.5) is 10.1 Å². The maximum Gasteiger partial charge on any atom is 0.221 e. The van der Waals surface area contributed by atoms with E-state index in [0.29, 0.717) is 19.0 Å². The molecule has 0 fully saturated rings. The largest absolute Gasteiger partial charge is 0.356 e. The molecule has 28 heavy (non-hydrogen) atoms. The molecule has 0 unspecified atom stereocenters. The summed E-state index contributed by atoms with van der Waals surface area (Å²) < 4.78 is 13.5. The number of halogens is 2. The predicted molar refractivity (Wildman–Crippen MR) is 124 cm³/mol. The first-order valence-electron chi connectivity index (χ1n) is 8.87. The quantitative estimate of drug-likeness (QED) is 0.320. The second kappa shape index (κ2) is 11.0. The van der Waals surface area contributed by atoms with Gasteiger partial charge in [-0.1, -0.05) is 38.1 Å². The number of carbonyl (C=O) groups is 1. The van der Waals surface area contributed by atoms with E-state index in [1.54, 1.807) is 19.2 Å². The summed E-state index contributed by atoms with van der Waals surface area (Å²) in [6, 6.07) is 14.3. The lowest BCUT2D eigenvalue weighted by atomic mass is 9.84. The first-order valence-corrected chi connectivity index (χ1v) is 8.87. The zero-order chi connectivity index (χ0) is 19.9. The van der Waals surface area contributed by atoms with Gasteiger partial charge in [-0.05, 0) is 35.4 Å². The number of nitrogens with zero attached hydrogens (tertiary/aromatic N) is 1. The molecule has 5 nitrogen and oxygen atoms in total. The Balaban J connectivity index is 0.00000392. The first kappa shape index (κ1) is 23.9. The van der Waals surface area contributed by atoms with Crippen molar-refractivity contribution < 1.29 is 9.18 Å². The summed E-state index contributed by atoms with van der Waals surface area (Å²) in [6.07, 6.45) is 0. The van der Waals surface area contributed by atoms with Crippen molar-refractivity contribution >= 4 is 41.5 Å². The predicted octanol–water partition coefficient (Wildman–Crippen LogP) is 4.04. The van der Waals surface area contributed by atoms with Crippen molar-refractivity contribution in [3.8, 4) is 0 Å². The molecule has 0 spiro atoms. The van der Waals surface area contributed by atoms with Crippen LogP contribution < -0.4 is 16.0 Å². The third-order valence-corrected chi connectivity index (χ3v) is 4.23. The lowest BCUT2D eigenvalue weighted by Gasteiger charge is -2.27. The fourth-order valence-corrected chi connectivity index (χ4v) is 2.68. The lowest BCUT2D eigenvalue weighted by Crippen LogP contribution is -2.43. The van der Waals surface area contributed by atoms with Gasteiger partial charge >= 0.3 is 0 Å². The molecule has 0 saturated carbocycles. The van der Waals surface area contributed by atoms with Crippen LogP contribution in [-0.2, 0) is 16.8 Å². The average molecular weight is 498 g/mol. The van der Waals surface area contributed by atoms with Crippen molar-refractivity contribution in [2.24, 2.45) is 4.99 Å². The van der Waals surface area contributed by atoms with Crippen molar-refractivity contribution in [2.75, 3.05) is 18.9 Å². The number of anilines is 1. The van der Waals surface area contributed by atoms with Gasteiger partial charge < -0.3 is 16.0 Å². The van der Waals surface area contributed by atoms with Gasteiger partial charge in [0.05, 0.1) is 0 Å². The normalized spacial score (nSPS) is 11.4. The second-order valence-electron chi connectivity index (χ2n) is 7.06. The molecule has 3 N–H and O–H groups in total. The van der Waals surface area contributed by atoms with Crippen LogP contribution in [-0.4, -0.2) is 25.5 Å². The Kier molecular flexibility index (Phi) is 9.37. The van der Waals surface area contributed by atoms with E-state index < -0.39 is 0 Å². The topological polar surface area (TPSA) is 65.5 Å². The van der Waals surface area contributed by atoms with Gasteiger partial charge in [0.15, 0.2) is 5.96 Å². The molecule has 0 bridgehead atoms. The maximum absolute atomic E-state index is 13.5. The number of amides is 1. The Morgan fingerprint density at radius 3 is 2.46 bits per heavy atom. The standard InChI is InChI=1S/C21H27FN4O.HI/c1-15(27)26-19-10-5-7-16(11-19)13-24-20(23-4)25-14-21(2,3)17-8-6-9-18(22)12-17;/h5-12H,13-14H2,1-4H3,(H,26,27)(H2,23,24,25);1H. The Hall–Kier alpha value is -2.16. The van der Waals surface area contributed by atoms with E-state index in [1.165, 1.54) is 13.0 Å². The van der Waals surface area contributed by atoms with Crippen LogP contribution in [0.3, 0.4) is 0 Å². The Morgan fingerprint density at radius 2 is 1.82 bits per heavy atom. The van der Waals surface area contributed by atoms with Crippen molar-refractivity contribution in [1.29, 1.82) is 0 Å². The van der Waals surface area contributed by atoms with Crippen LogP contribution in [0.5, 0.6) is 0 Å². The van der Waals surface area contributed by atoms with Gasteiger partial charge in [-0.2, -0.15) is 0 Å². The van der Waals surface area contributed by atoms with Gasteiger partial charge in [-0.25, -0.2) is 4.39 Å². The molecule has 2 rings (SSSR count). The lowest BCUT2D eigenvalue weighted by molar-refractivity contribution is -0.114. The molecule has 0 saturated heterocycles. The molecule has 0 aliphatic rings. The molecule has 0 radical (unpaired) electrons. The summed E-state index contributed by atoms with van der Waals surface area (Å²) in [5.41, 5.74) is 2.45. The second-order valence-corrected chi connectivity index (χ2v) is 7.06. The number of benzene rings is 2. The Labute approximate surface area is 183 Å². The molecule has 1 amide bonds. The summed E-state index contributed by atoms with van der Waals surface area (Å²) in [6.45, 7) is 6.75. The van der Waals surface area contributed by atoms with Gasteiger partial charge in [-0.15, -0.1) is 24.0 Å². The van der Waals surface area contributed by atoms with Crippen LogP contribution in [0.1, 0.15) is 31.9 Å². The zero-order valence-electron chi connectivity index (χ0n) is 16.7. The van der Waals surface area contributed by atoms with Crippen molar-refractivity contribution in [3.05, 3.63) is 65.5 Å². The van der Waals surface area contributed by atoms with E-state index in [9.17, 15) is 9.18 Å². The number of hydrogen-bond donors (Lipinski definition) is 3. The molecular weight excluding hydrogens is 470 g/mol. The monoisotopic (exact) mass is 498 g/mol. The number of hydrogen-bond acceptors (Lipinski definition) is 2. The summed E-state index contributed by atoms with van der Waals surface area (Å²) in [4.78, 5) is 15.4. The van der Waals surface area contributed by atoms with E-state index >= 15 is 0 Å². The molecule has 2 aromatic carbocycles. The van der Waals surface area contributed by atoms with Gasteiger partial charge in [0.1, 0.15) is 5.82 Å². The highest BCUT2D eigenvalue weighted by Gasteiger charge is 2.21. The number of guanidine groups is 1. The van der Waals surface area contributed by atoms with E-state index in [1.807, 2.05) is 30.3 Å². The van der Waals surface area contributed by atoms with Crippen molar-refractivity contribution in [3.63, 3.8) is 0 Å². The highest BCUT2D eigenvalue weighted by atomic mass is 127. The minimum absolute atomic E-state index is 0. The number of aliphatic imine (C=N–C) groups is 1. The minimum atomic E-state index is -0.259. The summed E-state index contributed by atoms with van der Waals surface area (Å²) in [7, 11) is 1.71. The minimum Gasteiger partial charge on any atom is -0.356 e. The van der Waals surface area contributed by atoms with Crippen LogP contribution in [0.2, 0.25) is 0 Å². The van der Waals surface area contributed by atoms with Crippen molar-refractivity contribution in [1.82, 2.24) is 10.6 Å². The van der Waals surface area contributed by atoms with Gasteiger partial charge in [-0.3, -0.25) is 9.79 Å². The van der Waals surface area contributed by atoms with Gasteiger partial charge in [0, 0.05) is 38.2 Å². The van der Waals surface area contributed by atoms with Gasteiger partial charge in [0.25, 0.3) is 0 Å². The summed E-state index contributed by atoms with van der Waals surface area (Å²) >= 11 is 0. The van der Waals surface area contributed by atoms with E-state index in [2.05, 4.69) is 34.8 Å². The van der Waals surface area contributed by atoms with Gasteiger partial charge in [0.2, 0.25) is 5.91 Å². The SMILES string of the molecule is CN=C(NCc1cccc(NC(C)=O)c1)NCC(C)(C)c1cccc(F)c1.I. The van der Waals surface area contributed by atoms with Crippen molar-refractivity contribution in [2.45, 2.75) is 32.7 Å². The molecule has 2 aromatic rings. The number of rotatable bonds is 6. The zero-order valence-corrected chi connectivity index (χ0v) is 19.0. The van der Waals surface area contributed by atoms with Crippen LogP contribution >= 0.6 is 24.0 Å². The molecule has 0 aromatic heterocycles. The summed E-state index contributed by atoms with van der Waals surface area (Å²) in [5.74, 6) is 0.323. The highest BCUT2D eigenvalue weighted by Crippen LogP contribution is 2.22. The molecule has 152 valence electrons. The molecule has 0 aliphatic carbocycles. The molecule has 0 heterocycles. The molecular formula is C21H28FIN4O. The molecule has 7 heteroatoms. The highest BCUT2D eigenvalue weighted by molar-refractivity contribution is 14.0. The van der Waals surface area contributed by atoms with Crippen LogP contribution in [0, 0.1) is 5.82 Å². The fourth-order valence-electron chi connectivity index (χ4n) is 2.68.